The standard InChI is InChI=1S/C20H28N2O2/c1-22(16-17-7-4-3-5-8-17)14-6-13-21-15-20(23)18-9-11-19(24-2)12-10-18/h3-5,7-12,20-21,23H,6,13-16H2,1-2H3. The molecule has 4 nitrogen and oxygen atoms in total. The Morgan fingerprint density at radius 3 is 2.46 bits per heavy atom. The van der Waals surface area contributed by atoms with Crippen LogP contribution in [0.3, 0.4) is 0 Å². The van der Waals surface area contributed by atoms with Crippen LogP contribution in [-0.2, 0) is 6.54 Å². The molecule has 0 aromatic heterocycles. The van der Waals surface area contributed by atoms with Gasteiger partial charge in [0.15, 0.2) is 0 Å². The molecular weight excluding hydrogens is 300 g/mol. The molecule has 2 rings (SSSR count). The number of methoxy groups -OCH3 is 1. The SMILES string of the molecule is COc1ccc(C(O)CNCCCN(C)Cc2ccccc2)cc1. The highest BCUT2D eigenvalue weighted by molar-refractivity contribution is 5.28. The van der Waals surface area contributed by atoms with Crippen LogP contribution in [0, 0.1) is 0 Å². The Balaban J connectivity index is 1.60. The number of benzene rings is 2. The maximum Gasteiger partial charge on any atom is 0.118 e. The van der Waals surface area contributed by atoms with E-state index in [0.29, 0.717) is 6.54 Å². The lowest BCUT2D eigenvalue weighted by molar-refractivity contribution is 0.174. The van der Waals surface area contributed by atoms with Gasteiger partial charge in [-0.25, -0.2) is 0 Å². The first kappa shape index (κ1) is 18.5. The molecule has 24 heavy (non-hydrogen) atoms. The van der Waals surface area contributed by atoms with Gasteiger partial charge in [0.2, 0.25) is 0 Å². The summed E-state index contributed by atoms with van der Waals surface area (Å²) in [4.78, 5) is 2.32. The molecule has 1 atom stereocenters. The molecule has 0 bridgehead atoms. The highest BCUT2D eigenvalue weighted by Crippen LogP contribution is 2.16. The lowest BCUT2D eigenvalue weighted by atomic mass is 10.1. The van der Waals surface area contributed by atoms with E-state index in [4.69, 9.17) is 4.74 Å². The average Bonchev–Trinajstić information content (AvgIpc) is 2.62. The second-order valence-electron chi connectivity index (χ2n) is 6.07. The van der Waals surface area contributed by atoms with E-state index in [1.54, 1.807) is 7.11 Å². The molecule has 0 saturated heterocycles. The molecule has 0 heterocycles. The van der Waals surface area contributed by atoms with Gasteiger partial charge in [-0.1, -0.05) is 42.5 Å². The van der Waals surface area contributed by atoms with Gasteiger partial charge in [-0.15, -0.1) is 0 Å². The van der Waals surface area contributed by atoms with Crippen LogP contribution in [0.4, 0.5) is 0 Å². The van der Waals surface area contributed by atoms with E-state index in [0.717, 1.165) is 37.4 Å². The molecule has 0 fully saturated rings. The Morgan fingerprint density at radius 2 is 1.79 bits per heavy atom. The van der Waals surface area contributed by atoms with E-state index in [1.807, 2.05) is 30.3 Å². The topological polar surface area (TPSA) is 44.7 Å². The summed E-state index contributed by atoms with van der Waals surface area (Å²) in [5.74, 6) is 0.806. The van der Waals surface area contributed by atoms with Crippen molar-refractivity contribution < 1.29 is 9.84 Å². The van der Waals surface area contributed by atoms with Crippen LogP contribution in [0.2, 0.25) is 0 Å². The Bertz CT molecular complexity index is 572. The highest BCUT2D eigenvalue weighted by atomic mass is 16.5. The number of ether oxygens (including phenoxy) is 1. The van der Waals surface area contributed by atoms with Gasteiger partial charge in [-0.05, 0) is 49.8 Å². The van der Waals surface area contributed by atoms with Gasteiger partial charge in [0.05, 0.1) is 13.2 Å². The molecule has 2 N–H and O–H groups in total. The summed E-state index contributed by atoms with van der Waals surface area (Å²) in [6.45, 7) is 3.46. The quantitative estimate of drug-likeness (QED) is 0.658. The van der Waals surface area contributed by atoms with Crippen molar-refractivity contribution in [2.24, 2.45) is 0 Å². The largest absolute Gasteiger partial charge is 0.497 e. The molecule has 2 aromatic rings. The lowest BCUT2D eigenvalue weighted by Crippen LogP contribution is -2.26. The van der Waals surface area contributed by atoms with Crippen molar-refractivity contribution in [3.63, 3.8) is 0 Å². The van der Waals surface area contributed by atoms with Crippen molar-refractivity contribution in [2.75, 3.05) is 33.8 Å². The Kier molecular flexibility index (Phi) is 7.75. The summed E-state index contributed by atoms with van der Waals surface area (Å²) in [7, 11) is 3.78. The van der Waals surface area contributed by atoms with Gasteiger partial charge in [0.25, 0.3) is 0 Å². The molecule has 0 radical (unpaired) electrons. The van der Waals surface area contributed by atoms with Crippen molar-refractivity contribution >= 4 is 0 Å². The first-order valence-electron chi connectivity index (χ1n) is 8.44. The summed E-state index contributed by atoms with van der Waals surface area (Å²) < 4.78 is 5.13. The number of hydrogen-bond acceptors (Lipinski definition) is 4. The molecule has 0 aliphatic rings. The molecular formula is C20H28N2O2. The minimum atomic E-state index is -0.488. The lowest BCUT2D eigenvalue weighted by Gasteiger charge is -2.17. The number of rotatable bonds is 10. The average molecular weight is 328 g/mol. The molecule has 0 aliphatic heterocycles. The first-order valence-corrected chi connectivity index (χ1v) is 8.44. The molecule has 1 unspecified atom stereocenters. The molecule has 130 valence electrons. The zero-order chi connectivity index (χ0) is 17.2. The Hall–Kier alpha value is -1.88. The number of aliphatic hydroxyl groups is 1. The van der Waals surface area contributed by atoms with Gasteiger partial charge in [0.1, 0.15) is 5.75 Å². The minimum absolute atomic E-state index is 0.488. The summed E-state index contributed by atoms with van der Waals surface area (Å²) in [5, 5.41) is 13.5. The summed E-state index contributed by atoms with van der Waals surface area (Å²) in [6, 6.07) is 18.0. The van der Waals surface area contributed by atoms with Crippen molar-refractivity contribution in [3.8, 4) is 5.75 Å². The molecule has 0 spiro atoms. The monoisotopic (exact) mass is 328 g/mol. The van der Waals surface area contributed by atoms with Gasteiger partial charge in [-0.3, -0.25) is 0 Å². The number of nitrogens with one attached hydrogen (secondary N) is 1. The van der Waals surface area contributed by atoms with Crippen LogP contribution in [-0.4, -0.2) is 43.8 Å². The fraction of sp³-hybridized carbons (Fsp3) is 0.400. The molecule has 0 amide bonds. The number of aliphatic hydroxyl groups excluding tert-OH is 1. The molecule has 4 heteroatoms. The predicted molar refractivity (Wildman–Crippen MR) is 98.2 cm³/mol. The van der Waals surface area contributed by atoms with Crippen LogP contribution in [0.5, 0.6) is 5.75 Å². The molecule has 0 saturated carbocycles. The Morgan fingerprint density at radius 1 is 1.08 bits per heavy atom. The zero-order valence-corrected chi connectivity index (χ0v) is 14.6. The van der Waals surface area contributed by atoms with Crippen LogP contribution in [0.25, 0.3) is 0 Å². The fourth-order valence-electron chi connectivity index (χ4n) is 2.63. The minimum Gasteiger partial charge on any atom is -0.497 e. The third-order valence-electron chi connectivity index (χ3n) is 4.03. The van der Waals surface area contributed by atoms with Crippen molar-refractivity contribution in [1.29, 1.82) is 0 Å². The van der Waals surface area contributed by atoms with E-state index in [2.05, 4.69) is 41.5 Å². The van der Waals surface area contributed by atoms with Gasteiger partial charge in [0, 0.05) is 13.1 Å². The number of hydrogen-bond donors (Lipinski definition) is 2. The second-order valence-corrected chi connectivity index (χ2v) is 6.07. The van der Waals surface area contributed by atoms with E-state index in [1.165, 1.54) is 5.56 Å². The third kappa shape index (κ3) is 6.32. The summed E-state index contributed by atoms with van der Waals surface area (Å²) in [5.41, 5.74) is 2.24. The van der Waals surface area contributed by atoms with Gasteiger partial charge in [-0.2, -0.15) is 0 Å². The van der Waals surface area contributed by atoms with Gasteiger partial charge >= 0.3 is 0 Å². The molecule has 0 aliphatic carbocycles. The van der Waals surface area contributed by atoms with E-state index >= 15 is 0 Å². The highest BCUT2D eigenvalue weighted by Gasteiger charge is 2.07. The van der Waals surface area contributed by atoms with E-state index < -0.39 is 6.10 Å². The van der Waals surface area contributed by atoms with Crippen molar-refractivity contribution in [3.05, 3.63) is 65.7 Å². The van der Waals surface area contributed by atoms with Crippen molar-refractivity contribution in [2.45, 2.75) is 19.1 Å². The summed E-state index contributed by atoms with van der Waals surface area (Å²) in [6.07, 6.45) is 0.566. The van der Waals surface area contributed by atoms with Crippen LogP contribution < -0.4 is 10.1 Å². The van der Waals surface area contributed by atoms with E-state index in [-0.39, 0.29) is 0 Å². The predicted octanol–water partition coefficient (Wildman–Crippen LogP) is 2.84. The Labute approximate surface area is 145 Å². The maximum absolute atomic E-state index is 10.2. The first-order chi connectivity index (χ1) is 11.7. The van der Waals surface area contributed by atoms with Crippen LogP contribution in [0.15, 0.2) is 54.6 Å². The normalized spacial score (nSPS) is 12.3. The van der Waals surface area contributed by atoms with E-state index in [9.17, 15) is 5.11 Å². The maximum atomic E-state index is 10.2. The van der Waals surface area contributed by atoms with Crippen molar-refractivity contribution in [1.82, 2.24) is 10.2 Å². The second kappa shape index (κ2) is 10.1. The van der Waals surface area contributed by atoms with Crippen LogP contribution in [0.1, 0.15) is 23.7 Å². The fourth-order valence-corrected chi connectivity index (χ4v) is 2.63. The summed E-state index contributed by atoms with van der Waals surface area (Å²) >= 11 is 0. The number of nitrogens with zero attached hydrogens (tertiary/aromatic N) is 1. The zero-order valence-electron chi connectivity index (χ0n) is 14.6. The van der Waals surface area contributed by atoms with Crippen LogP contribution >= 0.6 is 0 Å². The smallest absolute Gasteiger partial charge is 0.118 e. The molecule has 2 aromatic carbocycles. The van der Waals surface area contributed by atoms with Gasteiger partial charge < -0.3 is 20.1 Å². The third-order valence-corrected chi connectivity index (χ3v) is 4.03.